The van der Waals surface area contributed by atoms with E-state index < -0.39 is 47.8 Å². The van der Waals surface area contributed by atoms with Crippen LogP contribution in [-0.4, -0.2) is 46.5 Å². The summed E-state index contributed by atoms with van der Waals surface area (Å²) in [4.78, 5) is 27.4. The zero-order chi connectivity index (χ0) is 23.2. The van der Waals surface area contributed by atoms with Gasteiger partial charge in [0, 0.05) is 0 Å². The van der Waals surface area contributed by atoms with E-state index in [0.717, 1.165) is 30.4 Å². The molecule has 1 amide bonds. The first-order valence-corrected chi connectivity index (χ1v) is 8.39. The van der Waals surface area contributed by atoms with Crippen LogP contribution in [0.4, 0.5) is 23.2 Å². The Morgan fingerprint density at radius 3 is 2.65 bits per heavy atom. The molecule has 0 aliphatic rings. The number of aromatic nitrogens is 3. The highest BCUT2D eigenvalue weighted by molar-refractivity contribution is 5.94. The highest BCUT2D eigenvalue weighted by Gasteiger charge is 2.35. The molecule has 2 aromatic heterocycles. The smallest absolute Gasteiger partial charge is 0.419 e. The molecule has 0 bridgehead atoms. The zero-order valence-electron chi connectivity index (χ0n) is 15.9. The van der Waals surface area contributed by atoms with E-state index in [0.29, 0.717) is 6.07 Å². The van der Waals surface area contributed by atoms with Crippen molar-refractivity contribution >= 4 is 17.6 Å². The molecule has 1 unspecified atom stereocenters. The Labute approximate surface area is 172 Å². The number of halogens is 4. The molecule has 2 aromatic rings. The average molecular weight is 441 g/mol. The molecular formula is C18H15F4N5O4. The summed E-state index contributed by atoms with van der Waals surface area (Å²) in [5.41, 5.74) is -2.69. The Balaban J connectivity index is 2.22. The van der Waals surface area contributed by atoms with Gasteiger partial charge in [0.1, 0.15) is 6.07 Å². The molecule has 0 radical (unpaired) electrons. The Bertz CT molecular complexity index is 1030. The minimum Gasteiger partial charge on any atom is -0.466 e. The third-order valence-corrected chi connectivity index (χ3v) is 3.75. The van der Waals surface area contributed by atoms with Gasteiger partial charge in [-0.15, -0.1) is 0 Å². The van der Waals surface area contributed by atoms with Crippen molar-refractivity contribution in [1.82, 2.24) is 14.8 Å². The minimum absolute atomic E-state index is 0.133. The molecular weight excluding hydrogens is 426 g/mol. The SMILES string of the molecule is C=C(COC(Cn1cc(F)cn1)C(=O)Nc1cnc(C#N)c(C(F)(F)F)c1)C(=O)OC. The van der Waals surface area contributed by atoms with Gasteiger partial charge in [-0.2, -0.15) is 23.5 Å². The molecule has 9 nitrogen and oxygen atoms in total. The number of carbonyl (C=O) groups excluding carboxylic acids is 2. The second kappa shape index (κ2) is 9.81. The lowest BCUT2D eigenvalue weighted by molar-refractivity contribution is -0.138. The predicted octanol–water partition coefficient (Wildman–Crippen LogP) is 2.06. The van der Waals surface area contributed by atoms with Crippen molar-refractivity contribution in [2.75, 3.05) is 19.0 Å². The number of amides is 1. The lowest BCUT2D eigenvalue weighted by Gasteiger charge is -2.18. The highest BCUT2D eigenvalue weighted by Crippen LogP contribution is 2.32. The summed E-state index contributed by atoms with van der Waals surface area (Å²) in [6, 6.07) is 1.86. The van der Waals surface area contributed by atoms with E-state index >= 15 is 0 Å². The van der Waals surface area contributed by atoms with Crippen LogP contribution in [0.25, 0.3) is 0 Å². The fourth-order valence-corrected chi connectivity index (χ4v) is 2.28. The lowest BCUT2D eigenvalue weighted by atomic mass is 10.2. The fourth-order valence-electron chi connectivity index (χ4n) is 2.28. The van der Waals surface area contributed by atoms with E-state index in [-0.39, 0.29) is 17.8 Å². The van der Waals surface area contributed by atoms with Crippen LogP contribution in [-0.2, 0) is 31.8 Å². The predicted molar refractivity (Wildman–Crippen MR) is 95.7 cm³/mol. The van der Waals surface area contributed by atoms with Crippen LogP contribution < -0.4 is 5.32 Å². The number of hydrogen-bond donors (Lipinski definition) is 1. The molecule has 0 saturated carbocycles. The summed E-state index contributed by atoms with van der Waals surface area (Å²) in [5, 5.41) is 14.6. The number of nitrogens with zero attached hydrogens (tertiary/aromatic N) is 4. The fraction of sp³-hybridized carbons (Fsp3) is 0.278. The van der Waals surface area contributed by atoms with Crippen LogP contribution in [0.5, 0.6) is 0 Å². The number of nitriles is 1. The first-order valence-electron chi connectivity index (χ1n) is 8.39. The van der Waals surface area contributed by atoms with E-state index in [9.17, 15) is 27.2 Å². The lowest BCUT2D eigenvalue weighted by Crippen LogP contribution is -2.35. The monoisotopic (exact) mass is 441 g/mol. The molecule has 2 heterocycles. The number of alkyl halides is 3. The van der Waals surface area contributed by atoms with Gasteiger partial charge in [0.15, 0.2) is 17.6 Å². The molecule has 13 heteroatoms. The third kappa shape index (κ3) is 6.34. The summed E-state index contributed by atoms with van der Waals surface area (Å²) in [6.45, 7) is 2.65. The second-order valence-corrected chi connectivity index (χ2v) is 5.99. The van der Waals surface area contributed by atoms with E-state index in [1.54, 1.807) is 0 Å². The Kier molecular flexibility index (Phi) is 7.43. The van der Waals surface area contributed by atoms with Crippen LogP contribution in [0.1, 0.15) is 11.3 Å². The largest absolute Gasteiger partial charge is 0.466 e. The van der Waals surface area contributed by atoms with Crippen LogP contribution in [0, 0.1) is 17.1 Å². The van der Waals surface area contributed by atoms with Gasteiger partial charge in [-0.1, -0.05) is 6.58 Å². The van der Waals surface area contributed by atoms with Crippen LogP contribution >= 0.6 is 0 Å². The van der Waals surface area contributed by atoms with Gasteiger partial charge in [0.05, 0.1) is 55.7 Å². The number of rotatable bonds is 8. The van der Waals surface area contributed by atoms with Crippen molar-refractivity contribution in [1.29, 1.82) is 5.26 Å². The maximum atomic E-state index is 13.2. The number of anilines is 1. The van der Waals surface area contributed by atoms with Gasteiger partial charge in [-0.05, 0) is 6.07 Å². The minimum atomic E-state index is -4.88. The summed E-state index contributed by atoms with van der Waals surface area (Å²) in [6.07, 6.45) is -3.58. The van der Waals surface area contributed by atoms with Crippen LogP contribution in [0.3, 0.4) is 0 Å². The molecule has 164 valence electrons. The third-order valence-electron chi connectivity index (χ3n) is 3.75. The first-order chi connectivity index (χ1) is 14.5. The Morgan fingerprint density at radius 2 is 2.10 bits per heavy atom. The Morgan fingerprint density at radius 1 is 1.39 bits per heavy atom. The number of hydrogen-bond acceptors (Lipinski definition) is 7. The topological polar surface area (TPSA) is 119 Å². The molecule has 0 spiro atoms. The second-order valence-electron chi connectivity index (χ2n) is 5.99. The van der Waals surface area contributed by atoms with Gasteiger partial charge >= 0.3 is 12.1 Å². The van der Waals surface area contributed by atoms with E-state index in [1.165, 1.54) is 6.07 Å². The molecule has 0 fully saturated rings. The standard InChI is InChI=1S/C18H15F4N5O4/c1-10(17(29)30-2)9-31-15(8-27-7-11(19)5-25-27)16(28)26-12-3-13(18(20,21)22)14(4-23)24-6-12/h3,5-7,15H,1,8-9H2,2H3,(H,26,28). The van der Waals surface area contributed by atoms with Crippen molar-refractivity contribution < 1.29 is 36.6 Å². The molecule has 0 aromatic carbocycles. The van der Waals surface area contributed by atoms with Crippen molar-refractivity contribution in [3.8, 4) is 6.07 Å². The Hall–Kier alpha value is -3.79. The van der Waals surface area contributed by atoms with Crippen LogP contribution in [0.2, 0.25) is 0 Å². The van der Waals surface area contributed by atoms with E-state index in [1.807, 2.05) is 0 Å². The van der Waals surface area contributed by atoms with Gasteiger partial charge in [0.2, 0.25) is 0 Å². The van der Waals surface area contributed by atoms with Gasteiger partial charge in [-0.25, -0.2) is 14.2 Å². The molecule has 1 atom stereocenters. The highest BCUT2D eigenvalue weighted by atomic mass is 19.4. The summed E-state index contributed by atoms with van der Waals surface area (Å²) in [5.74, 6) is -2.42. The van der Waals surface area contributed by atoms with Gasteiger partial charge < -0.3 is 14.8 Å². The molecule has 1 N–H and O–H groups in total. The first kappa shape index (κ1) is 23.5. The number of carbonyl (C=O) groups is 2. The number of pyridine rings is 1. The molecule has 0 aliphatic heterocycles. The summed E-state index contributed by atoms with van der Waals surface area (Å²) in [7, 11) is 1.11. The molecule has 0 saturated heterocycles. The number of esters is 1. The molecule has 31 heavy (non-hydrogen) atoms. The summed E-state index contributed by atoms with van der Waals surface area (Å²) >= 11 is 0. The molecule has 0 aliphatic carbocycles. The van der Waals surface area contributed by atoms with Gasteiger partial charge in [0.25, 0.3) is 5.91 Å². The van der Waals surface area contributed by atoms with Gasteiger partial charge in [-0.3, -0.25) is 9.48 Å². The van der Waals surface area contributed by atoms with Crippen molar-refractivity contribution in [3.05, 3.63) is 53.9 Å². The maximum absolute atomic E-state index is 13.2. The maximum Gasteiger partial charge on any atom is 0.419 e. The molecule has 2 rings (SSSR count). The van der Waals surface area contributed by atoms with Crippen molar-refractivity contribution in [2.45, 2.75) is 18.8 Å². The number of ether oxygens (including phenoxy) is 2. The number of methoxy groups -OCH3 is 1. The zero-order valence-corrected chi connectivity index (χ0v) is 15.9. The van der Waals surface area contributed by atoms with E-state index in [4.69, 9.17) is 10.00 Å². The van der Waals surface area contributed by atoms with Crippen LogP contribution in [0.15, 0.2) is 36.8 Å². The van der Waals surface area contributed by atoms with E-state index in [2.05, 4.69) is 26.7 Å². The van der Waals surface area contributed by atoms with Crippen molar-refractivity contribution in [2.24, 2.45) is 0 Å². The number of nitrogens with one attached hydrogen (secondary N) is 1. The van der Waals surface area contributed by atoms with Crippen molar-refractivity contribution in [3.63, 3.8) is 0 Å². The average Bonchev–Trinajstić information content (AvgIpc) is 3.14. The quantitative estimate of drug-likeness (QED) is 0.378. The summed E-state index contributed by atoms with van der Waals surface area (Å²) < 4.78 is 63.3. The normalized spacial score (nSPS) is 12.0.